The van der Waals surface area contributed by atoms with Gasteiger partial charge in [0.15, 0.2) is 0 Å². The molecule has 0 radical (unpaired) electrons. The van der Waals surface area contributed by atoms with Gasteiger partial charge < -0.3 is 15.0 Å². The Hall–Kier alpha value is -1.59. The molecule has 24 heavy (non-hydrogen) atoms. The monoisotopic (exact) mass is 331 g/mol. The van der Waals surface area contributed by atoms with Crippen LogP contribution in [-0.2, 0) is 11.3 Å². The van der Waals surface area contributed by atoms with Crippen LogP contribution in [0.1, 0.15) is 31.2 Å². The summed E-state index contributed by atoms with van der Waals surface area (Å²) >= 11 is 0. The van der Waals surface area contributed by atoms with Gasteiger partial charge in [0.25, 0.3) is 0 Å². The van der Waals surface area contributed by atoms with E-state index in [-0.39, 0.29) is 12.1 Å². The van der Waals surface area contributed by atoms with Crippen molar-refractivity contribution in [3.8, 4) is 0 Å². The average molecular weight is 331 g/mol. The number of nitrogens with one attached hydrogen (secondary N) is 1. The van der Waals surface area contributed by atoms with Gasteiger partial charge in [0.05, 0.1) is 0 Å². The molecule has 1 N–H and O–H groups in total. The second-order valence-electron chi connectivity index (χ2n) is 7.06. The van der Waals surface area contributed by atoms with E-state index in [4.69, 9.17) is 4.74 Å². The van der Waals surface area contributed by atoms with Gasteiger partial charge in [0.2, 0.25) is 0 Å². The summed E-state index contributed by atoms with van der Waals surface area (Å²) in [6.45, 7) is 4.92. The van der Waals surface area contributed by atoms with E-state index in [0.29, 0.717) is 12.6 Å². The highest BCUT2D eigenvalue weighted by molar-refractivity contribution is 5.67. The van der Waals surface area contributed by atoms with Gasteiger partial charge >= 0.3 is 6.09 Å². The lowest BCUT2D eigenvalue weighted by molar-refractivity contribution is 0.0794. The van der Waals surface area contributed by atoms with Crippen molar-refractivity contribution in [3.63, 3.8) is 0 Å². The lowest BCUT2D eigenvalue weighted by Gasteiger charge is -2.41. The van der Waals surface area contributed by atoms with Crippen LogP contribution in [0.3, 0.4) is 0 Å². The minimum Gasteiger partial charge on any atom is -0.445 e. The number of alkyl carbamates (subject to hydrolysis) is 1. The molecule has 2 aliphatic rings. The summed E-state index contributed by atoms with van der Waals surface area (Å²) in [6.07, 6.45) is 4.25. The molecular formula is C19H29N3O2. The van der Waals surface area contributed by atoms with Crippen molar-refractivity contribution >= 4 is 6.09 Å². The molecule has 1 heterocycles. The third kappa shape index (κ3) is 4.95. The number of likely N-dealkylation sites (N-methyl/N-ethyl adjacent to an activating group) is 1. The number of ether oxygens (including phenoxy) is 1. The minimum atomic E-state index is -0.289. The molecule has 1 aliphatic heterocycles. The molecule has 3 rings (SSSR count). The molecule has 1 saturated carbocycles. The molecule has 1 aromatic carbocycles. The maximum absolute atomic E-state index is 12.1. The third-order valence-electron chi connectivity index (χ3n) is 5.24. The lowest BCUT2D eigenvalue weighted by Crippen LogP contribution is -2.52. The molecule has 1 aromatic rings. The maximum Gasteiger partial charge on any atom is 0.407 e. The number of piperazine rings is 1. The fourth-order valence-electron chi connectivity index (χ4n) is 3.75. The van der Waals surface area contributed by atoms with Gasteiger partial charge in [-0.15, -0.1) is 0 Å². The van der Waals surface area contributed by atoms with Crippen molar-refractivity contribution in [2.45, 2.75) is 44.4 Å². The van der Waals surface area contributed by atoms with Gasteiger partial charge in [-0.1, -0.05) is 30.3 Å². The zero-order chi connectivity index (χ0) is 16.8. The number of carbonyl (C=O) groups is 1. The van der Waals surface area contributed by atoms with Crippen molar-refractivity contribution in [1.29, 1.82) is 0 Å². The molecule has 0 aromatic heterocycles. The lowest BCUT2D eigenvalue weighted by atomic mass is 9.89. The summed E-state index contributed by atoms with van der Waals surface area (Å²) in [7, 11) is 2.19. The van der Waals surface area contributed by atoms with Crippen molar-refractivity contribution in [3.05, 3.63) is 35.9 Å². The summed E-state index contributed by atoms with van der Waals surface area (Å²) in [5.41, 5.74) is 1.02. The Kier molecular flexibility index (Phi) is 6.10. The molecule has 0 bridgehead atoms. The minimum absolute atomic E-state index is 0.242. The van der Waals surface area contributed by atoms with Crippen LogP contribution >= 0.6 is 0 Å². The zero-order valence-electron chi connectivity index (χ0n) is 14.6. The molecule has 5 nitrogen and oxygen atoms in total. The van der Waals surface area contributed by atoms with Crippen LogP contribution in [0.2, 0.25) is 0 Å². The molecule has 1 saturated heterocycles. The van der Waals surface area contributed by atoms with Crippen LogP contribution in [0.25, 0.3) is 0 Å². The molecule has 132 valence electrons. The second-order valence-corrected chi connectivity index (χ2v) is 7.06. The topological polar surface area (TPSA) is 44.8 Å². The van der Waals surface area contributed by atoms with E-state index in [1.54, 1.807) is 0 Å². The highest BCUT2D eigenvalue weighted by atomic mass is 16.5. The SMILES string of the molecule is CN1CCN([C@H]2CCC[C@H](NC(=O)OCc3ccccc3)C2)CC1. The first-order valence-corrected chi connectivity index (χ1v) is 9.10. The number of hydrogen-bond acceptors (Lipinski definition) is 4. The Balaban J connectivity index is 1.42. The second kappa shape index (κ2) is 8.49. The number of rotatable bonds is 4. The number of amides is 1. The van der Waals surface area contributed by atoms with Gasteiger partial charge in [0.1, 0.15) is 6.61 Å². The first-order valence-electron chi connectivity index (χ1n) is 9.10. The number of carbonyl (C=O) groups excluding carboxylic acids is 1. The molecule has 2 fully saturated rings. The van der Waals surface area contributed by atoms with Gasteiger partial charge in [-0.05, 0) is 38.3 Å². The Morgan fingerprint density at radius 2 is 1.92 bits per heavy atom. The Morgan fingerprint density at radius 3 is 2.67 bits per heavy atom. The Morgan fingerprint density at radius 1 is 1.17 bits per heavy atom. The quantitative estimate of drug-likeness (QED) is 0.921. The summed E-state index contributed by atoms with van der Waals surface area (Å²) in [5.74, 6) is 0. The summed E-state index contributed by atoms with van der Waals surface area (Å²) in [4.78, 5) is 17.0. The van der Waals surface area contributed by atoms with Crippen molar-refractivity contribution < 1.29 is 9.53 Å². The van der Waals surface area contributed by atoms with Crippen LogP contribution in [0.4, 0.5) is 4.79 Å². The van der Waals surface area contributed by atoms with Crippen LogP contribution in [0, 0.1) is 0 Å². The predicted molar refractivity (Wildman–Crippen MR) is 94.9 cm³/mol. The van der Waals surface area contributed by atoms with E-state index >= 15 is 0 Å². The molecule has 0 unspecified atom stereocenters. The van der Waals surface area contributed by atoms with Crippen LogP contribution in [0.15, 0.2) is 30.3 Å². The molecule has 0 spiro atoms. The first kappa shape index (κ1) is 17.2. The molecule has 5 heteroatoms. The molecule has 1 amide bonds. The molecule has 2 atom stereocenters. The molecule has 1 aliphatic carbocycles. The highest BCUT2D eigenvalue weighted by Crippen LogP contribution is 2.24. The van der Waals surface area contributed by atoms with E-state index < -0.39 is 0 Å². The van der Waals surface area contributed by atoms with Crippen LogP contribution in [-0.4, -0.2) is 61.2 Å². The number of benzene rings is 1. The van der Waals surface area contributed by atoms with E-state index in [1.165, 1.54) is 12.8 Å². The van der Waals surface area contributed by atoms with E-state index in [0.717, 1.165) is 44.6 Å². The fourth-order valence-corrected chi connectivity index (χ4v) is 3.75. The normalized spacial score (nSPS) is 26.0. The maximum atomic E-state index is 12.1. The molecular weight excluding hydrogens is 302 g/mol. The van der Waals surface area contributed by atoms with Crippen molar-refractivity contribution in [2.75, 3.05) is 33.2 Å². The van der Waals surface area contributed by atoms with Gasteiger partial charge in [-0.2, -0.15) is 0 Å². The fraction of sp³-hybridized carbons (Fsp3) is 0.632. The van der Waals surface area contributed by atoms with Gasteiger partial charge in [-0.3, -0.25) is 4.90 Å². The number of nitrogens with zero attached hydrogens (tertiary/aromatic N) is 2. The summed E-state index contributed by atoms with van der Waals surface area (Å²) in [5, 5.41) is 3.07. The van der Waals surface area contributed by atoms with Gasteiger partial charge in [-0.25, -0.2) is 4.79 Å². The number of hydrogen-bond donors (Lipinski definition) is 1. The van der Waals surface area contributed by atoms with Crippen molar-refractivity contribution in [1.82, 2.24) is 15.1 Å². The van der Waals surface area contributed by atoms with Crippen LogP contribution in [0.5, 0.6) is 0 Å². The Bertz CT molecular complexity index is 515. The van der Waals surface area contributed by atoms with E-state index in [9.17, 15) is 4.79 Å². The van der Waals surface area contributed by atoms with E-state index in [1.807, 2.05) is 30.3 Å². The highest BCUT2D eigenvalue weighted by Gasteiger charge is 2.29. The summed E-state index contributed by atoms with van der Waals surface area (Å²) < 4.78 is 5.36. The first-order chi connectivity index (χ1) is 11.7. The third-order valence-corrected chi connectivity index (χ3v) is 5.24. The van der Waals surface area contributed by atoms with Crippen molar-refractivity contribution in [2.24, 2.45) is 0 Å². The average Bonchev–Trinajstić information content (AvgIpc) is 2.62. The van der Waals surface area contributed by atoms with E-state index in [2.05, 4.69) is 22.2 Å². The van der Waals surface area contributed by atoms with Crippen LogP contribution < -0.4 is 5.32 Å². The largest absolute Gasteiger partial charge is 0.445 e. The summed E-state index contributed by atoms with van der Waals surface area (Å²) in [6, 6.07) is 10.7. The zero-order valence-corrected chi connectivity index (χ0v) is 14.6. The Labute approximate surface area is 145 Å². The smallest absolute Gasteiger partial charge is 0.407 e. The van der Waals surface area contributed by atoms with Gasteiger partial charge in [0, 0.05) is 38.3 Å². The standard InChI is InChI=1S/C19H29N3O2/c1-21-10-12-22(13-11-21)18-9-5-8-17(14-18)20-19(23)24-15-16-6-3-2-4-7-16/h2-4,6-7,17-18H,5,8-15H2,1H3,(H,20,23)/t17-,18-/m0/s1. The predicted octanol–water partition coefficient (Wildman–Crippen LogP) is 2.47.